The molecule has 34 heavy (non-hydrogen) atoms. The van der Waals surface area contributed by atoms with Crippen molar-refractivity contribution in [2.75, 3.05) is 38.6 Å². The van der Waals surface area contributed by atoms with Gasteiger partial charge in [-0.2, -0.15) is 0 Å². The molecular formula is C26H30N6O2. The molecule has 8 nitrogen and oxygen atoms in total. The zero-order valence-corrected chi connectivity index (χ0v) is 19.5. The number of hydrogen-bond acceptors (Lipinski definition) is 7. The van der Waals surface area contributed by atoms with Crippen LogP contribution in [0.4, 0.5) is 5.82 Å². The number of nitrogens with zero attached hydrogens (tertiary/aromatic N) is 4. The fraction of sp³-hybridized carbons (Fsp3) is 0.385. The molecule has 1 saturated heterocycles. The lowest BCUT2D eigenvalue weighted by Gasteiger charge is -2.26. The van der Waals surface area contributed by atoms with Crippen LogP contribution in [0.5, 0.6) is 0 Å². The van der Waals surface area contributed by atoms with Gasteiger partial charge in [0.15, 0.2) is 0 Å². The average molecular weight is 459 g/mol. The van der Waals surface area contributed by atoms with Gasteiger partial charge in [0, 0.05) is 36.3 Å². The number of methoxy groups -OCH3 is 1. The number of anilines is 1. The lowest BCUT2D eigenvalue weighted by molar-refractivity contribution is 0.0601. The van der Waals surface area contributed by atoms with E-state index in [2.05, 4.69) is 20.2 Å². The summed E-state index contributed by atoms with van der Waals surface area (Å²) in [4.78, 5) is 31.9. The maximum atomic E-state index is 12.0. The van der Waals surface area contributed by atoms with Gasteiger partial charge in [-0.3, -0.25) is 4.98 Å². The van der Waals surface area contributed by atoms with E-state index in [0.717, 1.165) is 58.7 Å². The normalized spacial score (nSPS) is 14.5. The predicted octanol–water partition coefficient (Wildman–Crippen LogP) is 4.17. The molecule has 0 spiro atoms. The summed E-state index contributed by atoms with van der Waals surface area (Å²) in [5, 5.41) is 5.50. The van der Waals surface area contributed by atoms with Crippen molar-refractivity contribution in [3.8, 4) is 0 Å². The summed E-state index contributed by atoms with van der Waals surface area (Å²) in [6.07, 6.45) is 9.21. The molecule has 0 saturated carbocycles. The Morgan fingerprint density at radius 1 is 1.18 bits per heavy atom. The molecule has 1 aliphatic rings. The Kier molecular flexibility index (Phi) is 6.67. The second-order valence-electron chi connectivity index (χ2n) is 8.81. The lowest BCUT2D eigenvalue weighted by atomic mass is 10.1. The van der Waals surface area contributed by atoms with Crippen LogP contribution in [0.1, 0.15) is 47.4 Å². The first kappa shape index (κ1) is 22.3. The van der Waals surface area contributed by atoms with Gasteiger partial charge in [0.05, 0.1) is 18.1 Å². The van der Waals surface area contributed by atoms with Crippen molar-refractivity contribution in [1.29, 1.82) is 0 Å². The number of pyridine rings is 1. The zero-order chi connectivity index (χ0) is 23.3. The van der Waals surface area contributed by atoms with Crippen LogP contribution < -0.4 is 5.32 Å². The summed E-state index contributed by atoms with van der Waals surface area (Å²) in [7, 11) is 1.39. The molecule has 1 aromatic carbocycles. The second kappa shape index (κ2) is 10.2. The van der Waals surface area contributed by atoms with E-state index >= 15 is 0 Å². The van der Waals surface area contributed by atoms with Crippen molar-refractivity contribution >= 4 is 33.7 Å². The molecule has 1 fully saturated rings. The smallest absolute Gasteiger partial charge is 0.337 e. The molecule has 4 aromatic rings. The molecule has 0 amide bonds. The molecular weight excluding hydrogens is 428 g/mol. The Morgan fingerprint density at radius 2 is 2.06 bits per heavy atom. The number of aromatic nitrogens is 4. The molecule has 0 unspecified atom stereocenters. The van der Waals surface area contributed by atoms with E-state index in [4.69, 9.17) is 14.7 Å². The molecule has 1 aliphatic heterocycles. The highest BCUT2D eigenvalue weighted by atomic mass is 16.5. The van der Waals surface area contributed by atoms with Crippen molar-refractivity contribution in [1.82, 2.24) is 24.8 Å². The van der Waals surface area contributed by atoms with Crippen LogP contribution in [-0.4, -0.2) is 64.1 Å². The topological polar surface area (TPSA) is 96.0 Å². The number of fused-ring (bicyclic) bond motifs is 3. The summed E-state index contributed by atoms with van der Waals surface area (Å²) >= 11 is 0. The van der Waals surface area contributed by atoms with Gasteiger partial charge < -0.3 is 19.9 Å². The largest absolute Gasteiger partial charge is 0.465 e. The number of esters is 1. The predicted molar refractivity (Wildman–Crippen MR) is 133 cm³/mol. The number of carbonyl (C=O) groups is 1. The number of aromatic amines is 1. The SMILES string of the molecule is COC(=O)c1ccc2c(c1)[nH]c1nc(Cc3cccnc3)nc(NCCCN3CCCCC3)c12. The Morgan fingerprint density at radius 3 is 2.85 bits per heavy atom. The van der Waals surface area contributed by atoms with Crippen molar-refractivity contribution in [3.05, 3.63) is 59.7 Å². The number of benzene rings is 1. The van der Waals surface area contributed by atoms with Crippen molar-refractivity contribution in [2.24, 2.45) is 0 Å². The fourth-order valence-corrected chi connectivity index (χ4v) is 4.68. The van der Waals surface area contributed by atoms with Gasteiger partial charge in [-0.25, -0.2) is 14.8 Å². The number of piperidine rings is 1. The van der Waals surface area contributed by atoms with Crippen LogP contribution in [0.3, 0.4) is 0 Å². The quantitative estimate of drug-likeness (QED) is 0.302. The van der Waals surface area contributed by atoms with Crippen LogP contribution in [-0.2, 0) is 11.2 Å². The van der Waals surface area contributed by atoms with E-state index in [1.807, 2.05) is 30.5 Å². The third-order valence-electron chi connectivity index (χ3n) is 6.40. The average Bonchev–Trinajstić information content (AvgIpc) is 3.25. The number of nitrogens with one attached hydrogen (secondary N) is 2. The second-order valence-corrected chi connectivity index (χ2v) is 8.81. The van der Waals surface area contributed by atoms with Crippen LogP contribution in [0, 0.1) is 0 Å². The van der Waals surface area contributed by atoms with Gasteiger partial charge in [-0.1, -0.05) is 18.6 Å². The van der Waals surface area contributed by atoms with Gasteiger partial charge in [-0.15, -0.1) is 0 Å². The van der Waals surface area contributed by atoms with Gasteiger partial charge in [-0.05, 0) is 62.7 Å². The lowest BCUT2D eigenvalue weighted by Crippen LogP contribution is -2.31. The van der Waals surface area contributed by atoms with E-state index in [0.29, 0.717) is 12.0 Å². The standard InChI is InChI=1S/C26H30N6O2/c1-34-26(33)19-8-9-20-21(16-19)29-25-23(20)24(28-11-6-14-32-12-3-2-4-13-32)30-22(31-25)15-18-7-5-10-27-17-18/h5,7-10,16-17H,2-4,6,11-15H2,1H3,(H2,28,29,30,31). The van der Waals surface area contributed by atoms with Crippen LogP contribution >= 0.6 is 0 Å². The van der Waals surface area contributed by atoms with Gasteiger partial charge in [0.1, 0.15) is 17.3 Å². The third kappa shape index (κ3) is 4.87. The Bertz CT molecular complexity index is 1280. The Balaban J connectivity index is 1.45. The molecule has 8 heteroatoms. The molecule has 176 valence electrons. The number of likely N-dealkylation sites (tertiary alicyclic amines) is 1. The molecule has 0 atom stereocenters. The first-order valence-electron chi connectivity index (χ1n) is 12.0. The summed E-state index contributed by atoms with van der Waals surface area (Å²) in [6.45, 7) is 4.35. The van der Waals surface area contributed by atoms with Gasteiger partial charge >= 0.3 is 5.97 Å². The van der Waals surface area contributed by atoms with Crippen molar-refractivity contribution in [3.63, 3.8) is 0 Å². The van der Waals surface area contributed by atoms with Crippen LogP contribution in [0.15, 0.2) is 42.7 Å². The molecule has 2 N–H and O–H groups in total. The summed E-state index contributed by atoms with van der Waals surface area (Å²) in [5.41, 5.74) is 3.15. The number of hydrogen-bond donors (Lipinski definition) is 2. The molecule has 3 aromatic heterocycles. The van der Waals surface area contributed by atoms with Crippen LogP contribution in [0.25, 0.3) is 21.9 Å². The fourth-order valence-electron chi connectivity index (χ4n) is 4.68. The van der Waals surface area contributed by atoms with Gasteiger partial charge in [0.25, 0.3) is 0 Å². The monoisotopic (exact) mass is 458 g/mol. The minimum absolute atomic E-state index is 0.361. The van der Waals surface area contributed by atoms with Crippen molar-refractivity contribution in [2.45, 2.75) is 32.1 Å². The summed E-state index contributed by atoms with van der Waals surface area (Å²) in [5.74, 6) is 1.18. The first-order chi connectivity index (χ1) is 16.7. The number of H-pyrrole nitrogens is 1. The number of rotatable bonds is 8. The van der Waals surface area contributed by atoms with Gasteiger partial charge in [0.2, 0.25) is 0 Å². The highest BCUT2D eigenvalue weighted by molar-refractivity contribution is 6.12. The number of carbonyl (C=O) groups excluding carboxylic acids is 1. The molecule has 4 heterocycles. The molecule has 0 aliphatic carbocycles. The van der Waals surface area contributed by atoms with E-state index in [9.17, 15) is 4.79 Å². The minimum Gasteiger partial charge on any atom is -0.465 e. The highest BCUT2D eigenvalue weighted by Crippen LogP contribution is 2.31. The van der Waals surface area contributed by atoms with Crippen molar-refractivity contribution < 1.29 is 9.53 Å². The zero-order valence-electron chi connectivity index (χ0n) is 19.5. The number of ether oxygens (including phenoxy) is 1. The minimum atomic E-state index is -0.361. The van der Waals surface area contributed by atoms with E-state index < -0.39 is 0 Å². The molecule has 0 bridgehead atoms. The molecule has 5 rings (SSSR count). The molecule has 0 radical (unpaired) electrons. The summed E-state index contributed by atoms with van der Waals surface area (Å²) < 4.78 is 4.88. The highest BCUT2D eigenvalue weighted by Gasteiger charge is 2.16. The van der Waals surface area contributed by atoms with E-state index in [1.165, 1.54) is 39.5 Å². The Hall–Kier alpha value is -3.52. The third-order valence-corrected chi connectivity index (χ3v) is 6.40. The first-order valence-corrected chi connectivity index (χ1v) is 12.0. The van der Waals surface area contributed by atoms with Crippen LogP contribution in [0.2, 0.25) is 0 Å². The summed E-state index contributed by atoms with van der Waals surface area (Å²) in [6, 6.07) is 9.48. The van der Waals surface area contributed by atoms with E-state index in [-0.39, 0.29) is 5.97 Å². The maximum absolute atomic E-state index is 12.0. The van der Waals surface area contributed by atoms with E-state index in [1.54, 1.807) is 12.3 Å². The maximum Gasteiger partial charge on any atom is 0.337 e. The Labute approximate surface area is 198 Å².